The van der Waals surface area contributed by atoms with E-state index in [-0.39, 0.29) is 34.8 Å². The summed E-state index contributed by atoms with van der Waals surface area (Å²) in [5.41, 5.74) is 2.85. The third-order valence-corrected chi connectivity index (χ3v) is 11.3. The van der Waals surface area contributed by atoms with E-state index in [2.05, 4.69) is 31.0 Å². The third-order valence-electron chi connectivity index (χ3n) is 11.3. The van der Waals surface area contributed by atoms with Crippen LogP contribution in [0.25, 0.3) is 0 Å². The van der Waals surface area contributed by atoms with E-state index >= 15 is 0 Å². The predicted molar refractivity (Wildman–Crippen MR) is 201 cm³/mol. The second-order valence-electron chi connectivity index (χ2n) is 17.2. The summed E-state index contributed by atoms with van der Waals surface area (Å²) in [4.78, 5) is 56.9. The number of urea groups is 1. The molecule has 2 saturated carbocycles. The molecule has 5 amide bonds. The lowest BCUT2D eigenvalue weighted by Crippen LogP contribution is -2.42. The number of methoxy groups -OCH3 is 2. The fourth-order valence-electron chi connectivity index (χ4n) is 7.96. The smallest absolute Gasteiger partial charge is 0.323 e. The van der Waals surface area contributed by atoms with E-state index in [1.807, 2.05) is 56.2 Å². The number of nitrogens with zero attached hydrogens (tertiary/aromatic N) is 5. The molecule has 54 heavy (non-hydrogen) atoms. The van der Waals surface area contributed by atoms with Gasteiger partial charge in [0, 0.05) is 40.6 Å². The Labute approximate surface area is 315 Å². The lowest BCUT2D eigenvalue weighted by atomic mass is 9.94. The maximum absolute atomic E-state index is 13.0. The van der Waals surface area contributed by atoms with Gasteiger partial charge >= 0.3 is 6.03 Å². The summed E-state index contributed by atoms with van der Waals surface area (Å²) in [6.45, 7) is 14.2. The summed E-state index contributed by atoms with van der Waals surface area (Å²) >= 11 is 0. The number of fused-ring (bicyclic) bond motifs is 4. The van der Waals surface area contributed by atoms with E-state index < -0.39 is 10.8 Å². The Morgan fingerprint density at radius 2 is 1.19 bits per heavy atom. The lowest BCUT2D eigenvalue weighted by Gasteiger charge is -2.31. The number of likely N-dealkylation sites (tertiary alicyclic amines) is 1. The van der Waals surface area contributed by atoms with Crippen molar-refractivity contribution in [1.29, 1.82) is 0 Å². The molecule has 290 valence electrons. The number of aromatic nitrogens is 4. The van der Waals surface area contributed by atoms with Crippen molar-refractivity contribution in [2.45, 2.75) is 111 Å². The van der Waals surface area contributed by atoms with Crippen LogP contribution in [0.3, 0.4) is 0 Å². The fraction of sp³-hybridized carbons (Fsp3) is 0.590. The number of ether oxygens (including phenoxy) is 2. The van der Waals surface area contributed by atoms with Crippen molar-refractivity contribution in [3.8, 4) is 11.5 Å². The van der Waals surface area contributed by atoms with Gasteiger partial charge < -0.3 is 29.5 Å². The first-order valence-electron chi connectivity index (χ1n) is 18.9. The van der Waals surface area contributed by atoms with Crippen LogP contribution in [0.15, 0.2) is 18.2 Å². The molecule has 0 atom stereocenters. The van der Waals surface area contributed by atoms with E-state index in [0.29, 0.717) is 41.8 Å². The lowest BCUT2D eigenvalue weighted by molar-refractivity contribution is -0.143. The summed E-state index contributed by atoms with van der Waals surface area (Å²) in [5, 5.41) is 20.7. The Balaban J connectivity index is 0.000000168. The minimum atomic E-state index is -0.463. The van der Waals surface area contributed by atoms with Crippen LogP contribution in [-0.4, -0.2) is 86.2 Å². The van der Waals surface area contributed by atoms with Gasteiger partial charge in [-0.1, -0.05) is 41.5 Å². The average molecular weight is 744 g/mol. The number of carbonyl (C=O) groups is 4. The van der Waals surface area contributed by atoms with Gasteiger partial charge in [-0.05, 0) is 63.1 Å². The van der Waals surface area contributed by atoms with Crippen LogP contribution in [0.4, 0.5) is 16.4 Å². The Bertz CT molecular complexity index is 1970. The molecule has 0 radical (unpaired) electrons. The zero-order valence-corrected chi connectivity index (χ0v) is 32.7. The monoisotopic (exact) mass is 743 g/mol. The number of amides is 5. The molecule has 8 rings (SSSR count). The molecule has 5 aliphatic rings. The maximum atomic E-state index is 13.0. The number of hydrogen-bond donors (Lipinski definition) is 4. The zero-order chi connectivity index (χ0) is 38.8. The highest BCUT2D eigenvalue weighted by molar-refractivity contribution is 6.04. The van der Waals surface area contributed by atoms with Crippen LogP contribution >= 0.6 is 0 Å². The molecule has 3 aromatic rings. The number of rotatable bonds is 5. The van der Waals surface area contributed by atoms with Crippen molar-refractivity contribution in [2.75, 3.05) is 37.9 Å². The predicted octanol–water partition coefficient (Wildman–Crippen LogP) is 5.86. The van der Waals surface area contributed by atoms with Gasteiger partial charge in [0.1, 0.15) is 0 Å². The van der Waals surface area contributed by atoms with Crippen molar-refractivity contribution in [3.63, 3.8) is 0 Å². The van der Waals surface area contributed by atoms with Crippen molar-refractivity contribution in [2.24, 2.45) is 10.8 Å². The molecule has 15 nitrogen and oxygen atoms in total. The second kappa shape index (κ2) is 13.3. The quantitative estimate of drug-likeness (QED) is 0.251. The average Bonchev–Trinajstić information content (AvgIpc) is 3.97. The molecule has 2 aromatic heterocycles. The van der Waals surface area contributed by atoms with Gasteiger partial charge in [0.15, 0.2) is 23.1 Å². The van der Waals surface area contributed by atoms with E-state index in [0.717, 1.165) is 74.1 Å². The van der Waals surface area contributed by atoms with Crippen LogP contribution in [0, 0.1) is 10.8 Å². The first-order chi connectivity index (χ1) is 25.5. The molecule has 0 bridgehead atoms. The molecule has 4 N–H and O–H groups in total. The number of carbonyl (C=O) groups excluding carboxylic acids is 4. The highest BCUT2D eigenvalue weighted by atomic mass is 16.5. The summed E-state index contributed by atoms with van der Waals surface area (Å²) < 4.78 is 10.5. The van der Waals surface area contributed by atoms with E-state index in [9.17, 15) is 19.2 Å². The molecular weight excluding hydrogens is 690 g/mol. The molecule has 0 unspecified atom stereocenters. The second-order valence-corrected chi connectivity index (χ2v) is 17.2. The summed E-state index contributed by atoms with van der Waals surface area (Å²) in [6, 6.07) is 4.89. The van der Waals surface area contributed by atoms with Crippen LogP contribution in [0.5, 0.6) is 11.5 Å². The van der Waals surface area contributed by atoms with Crippen LogP contribution in [0.2, 0.25) is 0 Å². The number of piperidine rings is 1. The van der Waals surface area contributed by atoms with Crippen LogP contribution in [0.1, 0.15) is 119 Å². The Morgan fingerprint density at radius 3 is 1.63 bits per heavy atom. The molecule has 5 heterocycles. The van der Waals surface area contributed by atoms with E-state index in [1.165, 1.54) is 13.5 Å². The number of hydrogen-bond acceptors (Lipinski definition) is 8. The van der Waals surface area contributed by atoms with Crippen molar-refractivity contribution in [1.82, 2.24) is 35.1 Å². The number of H-pyrrole nitrogens is 2. The minimum Gasteiger partial charge on any atom is -0.493 e. The zero-order valence-electron chi connectivity index (χ0n) is 32.7. The molecule has 1 aromatic carbocycles. The van der Waals surface area contributed by atoms with E-state index in [1.54, 1.807) is 25.3 Å². The fourth-order valence-corrected chi connectivity index (χ4v) is 7.96. The van der Waals surface area contributed by atoms with Crippen LogP contribution < -0.4 is 20.1 Å². The molecule has 1 saturated heterocycles. The van der Waals surface area contributed by atoms with Gasteiger partial charge in [-0.25, -0.2) is 4.79 Å². The Hall–Kier alpha value is -5.08. The molecular formula is C39H53N9O6. The summed E-state index contributed by atoms with van der Waals surface area (Å²) in [7, 11) is 3.07. The molecule has 15 heteroatoms. The molecule has 3 aliphatic heterocycles. The van der Waals surface area contributed by atoms with Gasteiger partial charge in [0.2, 0.25) is 11.8 Å². The molecule has 3 fully saturated rings. The van der Waals surface area contributed by atoms with Gasteiger partial charge in [-0.15, -0.1) is 0 Å². The topological polar surface area (TPSA) is 178 Å². The van der Waals surface area contributed by atoms with E-state index in [4.69, 9.17) is 9.47 Å². The highest BCUT2D eigenvalue weighted by Gasteiger charge is 2.60. The number of anilines is 2. The normalized spacial score (nSPS) is 18.8. The maximum Gasteiger partial charge on any atom is 0.323 e. The summed E-state index contributed by atoms with van der Waals surface area (Å²) in [5.74, 6) is 2.05. The summed E-state index contributed by atoms with van der Waals surface area (Å²) in [6.07, 6.45) is 7.05. The molecule has 2 spiro atoms. The van der Waals surface area contributed by atoms with Gasteiger partial charge in [0.25, 0.3) is 5.91 Å². The number of nitrogens with one attached hydrogen (secondary N) is 4. The SMILES string of the molecule is CC(C)(C)C(=O)N1Cc2c(NC(=O)N3CCCCC3)n[nH]c2C12CC2.COc1ccc(C(=O)Nc2n[nH]c3c2CN(C(=O)C(C)(C)C)C32CC2)cc1OC. The first-order valence-corrected chi connectivity index (χ1v) is 18.9. The minimum absolute atomic E-state index is 0.0838. The Kier molecular flexibility index (Phi) is 9.20. The van der Waals surface area contributed by atoms with Crippen molar-refractivity contribution < 1.29 is 28.7 Å². The standard InChI is InChI=1S/C21H26N4O4.C18H27N5O2/c1-20(2,3)19(27)25-11-13-16(21(25)8-9-21)23-24-17(13)22-18(26)12-6-7-14(28-4)15(10-12)29-5;1-17(2,3)15(24)23-11-12-13(18(23)7-8-18)20-21-14(12)19-16(25)22-9-5-4-6-10-22/h6-7,10H,8-9,11H2,1-5H3,(H2,22,23,24,26);4-11H2,1-3H3,(H2,19,20,21,25). The first kappa shape index (κ1) is 37.2. The molecule has 2 aliphatic carbocycles. The largest absolute Gasteiger partial charge is 0.493 e. The third kappa shape index (κ3) is 6.44. The van der Waals surface area contributed by atoms with Gasteiger partial charge in [-0.2, -0.15) is 10.2 Å². The van der Waals surface area contributed by atoms with Crippen LogP contribution in [-0.2, 0) is 33.8 Å². The van der Waals surface area contributed by atoms with Crippen molar-refractivity contribution in [3.05, 3.63) is 46.3 Å². The number of benzene rings is 1. The highest BCUT2D eigenvalue weighted by Crippen LogP contribution is 2.59. The number of aromatic amines is 2. The van der Waals surface area contributed by atoms with Gasteiger partial charge in [-0.3, -0.25) is 29.9 Å². The van der Waals surface area contributed by atoms with Gasteiger partial charge in [0.05, 0.1) is 49.8 Å². The van der Waals surface area contributed by atoms with Crippen molar-refractivity contribution >= 4 is 35.4 Å². The Morgan fingerprint density at radius 1 is 0.704 bits per heavy atom.